The van der Waals surface area contributed by atoms with Crippen LogP contribution in [0.2, 0.25) is 0 Å². The van der Waals surface area contributed by atoms with Crippen LogP contribution < -0.4 is 0 Å². The number of carboxylic acid groups (broad SMARTS) is 1. The van der Waals surface area contributed by atoms with E-state index in [2.05, 4.69) is 6.92 Å². The third kappa shape index (κ3) is 15.1. The van der Waals surface area contributed by atoms with E-state index in [0.29, 0.717) is 6.42 Å². The van der Waals surface area contributed by atoms with E-state index in [1.54, 1.807) is 24.3 Å². The van der Waals surface area contributed by atoms with Crippen molar-refractivity contribution in [3.05, 3.63) is 48.3 Å². The lowest BCUT2D eigenvalue weighted by molar-refractivity contribution is -0.131. The Bertz CT molecular complexity index is 433. The van der Waals surface area contributed by atoms with Crippen molar-refractivity contribution in [2.75, 3.05) is 0 Å². The number of unbranched alkanes of at least 4 members (excludes halogenated alkanes) is 7. The van der Waals surface area contributed by atoms with Crippen molar-refractivity contribution in [3.63, 3.8) is 0 Å². The Morgan fingerprint density at radius 3 is 2.00 bits per heavy atom. The molecule has 136 valence electrons. The third-order valence-corrected chi connectivity index (χ3v) is 3.62. The zero-order chi connectivity index (χ0) is 18.0. The molecule has 0 spiro atoms. The van der Waals surface area contributed by atoms with Gasteiger partial charge in [0, 0.05) is 6.08 Å². The SMILES string of the molecule is CCCCCCCCCCC(O)C(O)=CC=CC=CC=CC(=O)O. The van der Waals surface area contributed by atoms with Crippen molar-refractivity contribution < 1.29 is 20.1 Å². The number of carboxylic acids is 1. The van der Waals surface area contributed by atoms with Crippen molar-refractivity contribution in [3.8, 4) is 0 Å². The Morgan fingerprint density at radius 2 is 1.38 bits per heavy atom. The first-order valence-corrected chi connectivity index (χ1v) is 8.89. The van der Waals surface area contributed by atoms with E-state index in [1.165, 1.54) is 50.7 Å². The smallest absolute Gasteiger partial charge is 0.328 e. The molecule has 0 aromatic carbocycles. The van der Waals surface area contributed by atoms with E-state index in [0.717, 1.165) is 18.9 Å². The molecule has 0 fully saturated rings. The fraction of sp³-hybridized carbons (Fsp3) is 0.550. The maximum Gasteiger partial charge on any atom is 0.328 e. The van der Waals surface area contributed by atoms with Crippen LogP contribution in [0, 0.1) is 0 Å². The molecule has 0 saturated carbocycles. The lowest BCUT2D eigenvalue weighted by Gasteiger charge is -2.09. The van der Waals surface area contributed by atoms with Crippen LogP contribution in [0.1, 0.15) is 64.7 Å². The summed E-state index contributed by atoms with van der Waals surface area (Å²) in [5.41, 5.74) is 0. The van der Waals surface area contributed by atoms with E-state index in [1.807, 2.05) is 0 Å². The van der Waals surface area contributed by atoms with E-state index < -0.39 is 12.1 Å². The molecule has 1 atom stereocenters. The number of rotatable bonds is 14. The topological polar surface area (TPSA) is 77.8 Å². The highest BCUT2D eigenvalue weighted by atomic mass is 16.4. The minimum absolute atomic E-state index is 0.0383. The average molecular weight is 336 g/mol. The largest absolute Gasteiger partial charge is 0.510 e. The molecular formula is C20H32O4. The summed E-state index contributed by atoms with van der Waals surface area (Å²) in [7, 11) is 0. The van der Waals surface area contributed by atoms with Gasteiger partial charge in [-0.2, -0.15) is 0 Å². The van der Waals surface area contributed by atoms with Crippen LogP contribution in [-0.2, 0) is 4.79 Å². The summed E-state index contributed by atoms with van der Waals surface area (Å²) in [6.07, 6.45) is 19.8. The summed E-state index contributed by atoms with van der Waals surface area (Å²) in [6.45, 7) is 2.21. The number of hydrogen-bond donors (Lipinski definition) is 3. The number of hydrogen-bond acceptors (Lipinski definition) is 3. The fourth-order valence-electron chi connectivity index (χ4n) is 2.21. The van der Waals surface area contributed by atoms with Gasteiger partial charge < -0.3 is 15.3 Å². The molecule has 4 heteroatoms. The van der Waals surface area contributed by atoms with Gasteiger partial charge in [0.2, 0.25) is 0 Å². The molecule has 0 saturated heterocycles. The molecule has 0 amide bonds. The van der Waals surface area contributed by atoms with E-state index >= 15 is 0 Å². The Morgan fingerprint density at radius 1 is 0.833 bits per heavy atom. The molecule has 1 unspecified atom stereocenters. The molecule has 3 N–H and O–H groups in total. The van der Waals surface area contributed by atoms with E-state index in [4.69, 9.17) is 5.11 Å². The first-order chi connectivity index (χ1) is 11.6. The minimum Gasteiger partial charge on any atom is -0.510 e. The molecular weight excluding hydrogens is 304 g/mol. The highest BCUT2D eigenvalue weighted by Gasteiger charge is 2.07. The van der Waals surface area contributed by atoms with Gasteiger partial charge in [-0.05, 0) is 12.5 Å². The highest BCUT2D eigenvalue weighted by Crippen LogP contribution is 2.13. The van der Waals surface area contributed by atoms with Gasteiger partial charge in [0.1, 0.15) is 11.9 Å². The number of aliphatic carboxylic acids is 1. The second kappa shape index (κ2) is 16.1. The first-order valence-electron chi connectivity index (χ1n) is 8.89. The second-order valence-electron chi connectivity index (χ2n) is 5.84. The molecule has 0 aliphatic carbocycles. The second-order valence-corrected chi connectivity index (χ2v) is 5.84. The summed E-state index contributed by atoms with van der Waals surface area (Å²) < 4.78 is 0. The van der Waals surface area contributed by atoms with Gasteiger partial charge in [-0.1, -0.05) is 88.7 Å². The molecule has 24 heavy (non-hydrogen) atoms. The molecule has 4 nitrogen and oxygen atoms in total. The quantitative estimate of drug-likeness (QED) is 0.179. The van der Waals surface area contributed by atoms with Crippen LogP contribution >= 0.6 is 0 Å². The predicted octanol–water partition coefficient (Wildman–Crippen LogP) is 5.07. The molecule has 0 rings (SSSR count). The summed E-state index contributed by atoms with van der Waals surface area (Å²) in [5.74, 6) is -1.03. The van der Waals surface area contributed by atoms with Crippen molar-refractivity contribution >= 4 is 5.97 Å². The number of aliphatic hydroxyl groups is 2. The zero-order valence-electron chi connectivity index (χ0n) is 14.7. The standard InChI is InChI=1S/C20H32O4/c1-2-3-4-5-6-7-9-12-15-18(21)19(22)16-13-10-8-11-14-17-20(23)24/h8,10-11,13-14,16-18,21-22H,2-7,9,12,15H2,1H3,(H,23,24). The summed E-state index contributed by atoms with van der Waals surface area (Å²) in [5, 5.41) is 28.0. The molecule has 0 aliphatic rings. The Labute approximate surface area is 145 Å². The summed E-state index contributed by atoms with van der Waals surface area (Å²) >= 11 is 0. The van der Waals surface area contributed by atoms with Crippen LogP contribution in [0.4, 0.5) is 0 Å². The van der Waals surface area contributed by atoms with Gasteiger partial charge in [-0.3, -0.25) is 0 Å². The van der Waals surface area contributed by atoms with Crippen molar-refractivity contribution in [1.82, 2.24) is 0 Å². The van der Waals surface area contributed by atoms with Gasteiger partial charge in [-0.15, -0.1) is 0 Å². The van der Waals surface area contributed by atoms with Crippen LogP contribution in [-0.4, -0.2) is 27.4 Å². The van der Waals surface area contributed by atoms with Crippen LogP contribution in [0.3, 0.4) is 0 Å². The Kier molecular flexibility index (Phi) is 14.9. The maximum atomic E-state index is 10.2. The van der Waals surface area contributed by atoms with Crippen molar-refractivity contribution in [2.45, 2.75) is 70.8 Å². The van der Waals surface area contributed by atoms with Crippen LogP contribution in [0.5, 0.6) is 0 Å². The predicted molar refractivity (Wildman–Crippen MR) is 99.0 cm³/mol. The number of aliphatic hydroxyl groups excluding tert-OH is 2. The maximum absolute atomic E-state index is 10.2. The lowest BCUT2D eigenvalue weighted by Crippen LogP contribution is -2.09. The third-order valence-electron chi connectivity index (χ3n) is 3.62. The van der Waals surface area contributed by atoms with Crippen molar-refractivity contribution in [1.29, 1.82) is 0 Å². The average Bonchev–Trinajstić information content (AvgIpc) is 2.55. The zero-order valence-corrected chi connectivity index (χ0v) is 14.7. The molecule has 0 aromatic rings. The molecule has 0 heterocycles. The Hall–Kier alpha value is -1.81. The minimum atomic E-state index is -0.995. The monoisotopic (exact) mass is 336 g/mol. The van der Waals surface area contributed by atoms with Gasteiger partial charge in [-0.25, -0.2) is 4.79 Å². The first kappa shape index (κ1) is 22.2. The normalized spacial score (nSPS) is 14.2. The van der Waals surface area contributed by atoms with Gasteiger partial charge >= 0.3 is 5.97 Å². The van der Waals surface area contributed by atoms with Crippen LogP contribution in [0.25, 0.3) is 0 Å². The fourth-order valence-corrected chi connectivity index (χ4v) is 2.21. The molecule has 0 bridgehead atoms. The lowest BCUT2D eigenvalue weighted by atomic mass is 10.0. The highest BCUT2D eigenvalue weighted by molar-refractivity contribution is 5.80. The summed E-state index contributed by atoms with van der Waals surface area (Å²) in [6, 6.07) is 0. The van der Waals surface area contributed by atoms with Crippen molar-refractivity contribution in [2.24, 2.45) is 0 Å². The Balaban J connectivity index is 3.81. The van der Waals surface area contributed by atoms with E-state index in [9.17, 15) is 15.0 Å². The van der Waals surface area contributed by atoms with Crippen LogP contribution in [0.15, 0.2) is 48.3 Å². The van der Waals surface area contributed by atoms with Gasteiger partial charge in [0.15, 0.2) is 0 Å². The molecule has 0 aromatic heterocycles. The number of carbonyl (C=O) groups is 1. The molecule has 0 aliphatic heterocycles. The van der Waals surface area contributed by atoms with E-state index in [-0.39, 0.29) is 5.76 Å². The number of allylic oxidation sites excluding steroid dienone is 6. The van der Waals surface area contributed by atoms with Gasteiger partial charge in [0.05, 0.1) is 0 Å². The molecule has 0 radical (unpaired) electrons. The summed E-state index contributed by atoms with van der Waals surface area (Å²) in [4.78, 5) is 10.2. The van der Waals surface area contributed by atoms with Gasteiger partial charge in [0.25, 0.3) is 0 Å².